The highest BCUT2D eigenvalue weighted by Crippen LogP contribution is 2.19. The van der Waals surface area contributed by atoms with Crippen LogP contribution < -0.4 is 5.73 Å². The van der Waals surface area contributed by atoms with Crippen molar-refractivity contribution in [2.24, 2.45) is 5.73 Å². The molecule has 0 aromatic heterocycles. The van der Waals surface area contributed by atoms with Gasteiger partial charge in [0.2, 0.25) is 0 Å². The zero-order valence-corrected chi connectivity index (χ0v) is 10.4. The highest BCUT2D eigenvalue weighted by molar-refractivity contribution is 5.29. The molecule has 0 amide bonds. The molecular formula is C13H20FNO2. The van der Waals surface area contributed by atoms with Crippen LogP contribution in [-0.2, 0) is 9.47 Å². The minimum Gasteiger partial charge on any atom is -0.382 e. The van der Waals surface area contributed by atoms with Crippen molar-refractivity contribution < 1.29 is 13.9 Å². The van der Waals surface area contributed by atoms with Gasteiger partial charge in [0.15, 0.2) is 0 Å². The van der Waals surface area contributed by atoms with E-state index in [2.05, 4.69) is 0 Å². The minimum absolute atomic E-state index is 0.113. The van der Waals surface area contributed by atoms with Crippen LogP contribution in [0.25, 0.3) is 0 Å². The number of hydrogen-bond acceptors (Lipinski definition) is 3. The Balaban J connectivity index is 2.38. The van der Waals surface area contributed by atoms with E-state index in [-0.39, 0.29) is 11.9 Å². The van der Waals surface area contributed by atoms with Crippen LogP contribution in [0.15, 0.2) is 18.2 Å². The molecule has 0 fully saturated rings. The van der Waals surface area contributed by atoms with Gasteiger partial charge in [0.25, 0.3) is 0 Å². The third-order valence-corrected chi connectivity index (χ3v) is 2.64. The van der Waals surface area contributed by atoms with E-state index in [1.807, 2.05) is 6.92 Å². The Morgan fingerprint density at radius 2 is 2.06 bits per heavy atom. The van der Waals surface area contributed by atoms with Gasteiger partial charge in [0, 0.05) is 19.8 Å². The Labute approximate surface area is 102 Å². The van der Waals surface area contributed by atoms with Crippen molar-refractivity contribution in [1.82, 2.24) is 0 Å². The third-order valence-electron chi connectivity index (χ3n) is 2.64. The largest absolute Gasteiger partial charge is 0.382 e. The van der Waals surface area contributed by atoms with Crippen LogP contribution in [0.4, 0.5) is 4.39 Å². The van der Waals surface area contributed by atoms with Crippen LogP contribution in [0.2, 0.25) is 0 Å². The van der Waals surface area contributed by atoms with Crippen molar-refractivity contribution in [2.45, 2.75) is 19.4 Å². The van der Waals surface area contributed by atoms with E-state index in [9.17, 15) is 4.39 Å². The summed E-state index contributed by atoms with van der Waals surface area (Å²) in [6.45, 7) is 3.61. The first-order chi connectivity index (χ1) is 8.15. The summed E-state index contributed by atoms with van der Waals surface area (Å²) in [4.78, 5) is 0. The lowest BCUT2D eigenvalue weighted by Gasteiger charge is -2.14. The van der Waals surface area contributed by atoms with E-state index in [1.54, 1.807) is 13.2 Å². The molecule has 0 aliphatic heterocycles. The highest BCUT2D eigenvalue weighted by Gasteiger charge is 2.09. The van der Waals surface area contributed by atoms with Crippen LogP contribution in [-0.4, -0.2) is 26.9 Å². The molecule has 0 heterocycles. The molecule has 1 aromatic carbocycles. The Hall–Kier alpha value is -0.970. The number of aryl methyl sites for hydroxylation is 1. The van der Waals surface area contributed by atoms with Gasteiger partial charge in [-0.2, -0.15) is 0 Å². The Bertz CT molecular complexity index is 344. The van der Waals surface area contributed by atoms with Crippen molar-refractivity contribution in [3.05, 3.63) is 35.1 Å². The minimum atomic E-state index is -0.227. The number of hydrogen-bond donors (Lipinski definition) is 1. The zero-order chi connectivity index (χ0) is 12.7. The quantitative estimate of drug-likeness (QED) is 0.744. The normalized spacial score (nSPS) is 12.7. The lowest BCUT2D eigenvalue weighted by molar-refractivity contribution is 0.0672. The maximum absolute atomic E-state index is 12.9. The second kappa shape index (κ2) is 7.37. The maximum atomic E-state index is 12.9. The number of halogens is 1. The molecule has 96 valence electrons. The molecule has 0 radical (unpaired) electrons. The van der Waals surface area contributed by atoms with Gasteiger partial charge in [0.1, 0.15) is 5.82 Å². The van der Waals surface area contributed by atoms with Gasteiger partial charge in [-0.25, -0.2) is 4.39 Å². The molecule has 1 atom stereocenters. The fraction of sp³-hybridized carbons (Fsp3) is 0.538. The molecule has 0 saturated carbocycles. The van der Waals surface area contributed by atoms with Crippen LogP contribution in [0.1, 0.15) is 23.6 Å². The second-order valence-electron chi connectivity index (χ2n) is 4.00. The molecule has 17 heavy (non-hydrogen) atoms. The molecule has 0 aliphatic rings. The zero-order valence-electron chi connectivity index (χ0n) is 10.4. The lowest BCUT2D eigenvalue weighted by Crippen LogP contribution is -2.15. The number of ether oxygens (including phenoxy) is 2. The summed E-state index contributed by atoms with van der Waals surface area (Å²) in [5, 5.41) is 0. The van der Waals surface area contributed by atoms with Gasteiger partial charge in [0.05, 0.1) is 13.2 Å². The lowest BCUT2D eigenvalue weighted by atomic mass is 10.00. The van der Waals surface area contributed by atoms with Crippen molar-refractivity contribution in [2.75, 3.05) is 26.9 Å². The van der Waals surface area contributed by atoms with Crippen LogP contribution in [0.5, 0.6) is 0 Å². The van der Waals surface area contributed by atoms with Crippen molar-refractivity contribution in [3.63, 3.8) is 0 Å². The van der Waals surface area contributed by atoms with Crippen molar-refractivity contribution in [3.8, 4) is 0 Å². The van der Waals surface area contributed by atoms with E-state index in [0.29, 0.717) is 19.8 Å². The molecule has 0 spiro atoms. The molecule has 0 bridgehead atoms. The molecule has 1 aromatic rings. The van der Waals surface area contributed by atoms with Gasteiger partial charge in [-0.15, -0.1) is 0 Å². The fourth-order valence-corrected chi connectivity index (χ4v) is 1.67. The number of benzene rings is 1. The van der Waals surface area contributed by atoms with Gasteiger partial charge in [-0.05, 0) is 36.6 Å². The average molecular weight is 241 g/mol. The smallest absolute Gasteiger partial charge is 0.123 e. The van der Waals surface area contributed by atoms with Gasteiger partial charge in [-0.1, -0.05) is 6.07 Å². The summed E-state index contributed by atoms with van der Waals surface area (Å²) in [5.74, 6) is -0.227. The van der Waals surface area contributed by atoms with Gasteiger partial charge >= 0.3 is 0 Å². The molecule has 1 unspecified atom stereocenters. The van der Waals surface area contributed by atoms with Gasteiger partial charge in [-0.3, -0.25) is 0 Å². The van der Waals surface area contributed by atoms with E-state index in [4.69, 9.17) is 15.2 Å². The summed E-state index contributed by atoms with van der Waals surface area (Å²) < 4.78 is 23.1. The molecule has 3 nitrogen and oxygen atoms in total. The Morgan fingerprint density at radius 3 is 2.71 bits per heavy atom. The van der Waals surface area contributed by atoms with E-state index in [0.717, 1.165) is 17.5 Å². The number of rotatable bonds is 7. The van der Waals surface area contributed by atoms with Crippen LogP contribution in [0.3, 0.4) is 0 Å². The summed E-state index contributed by atoms with van der Waals surface area (Å²) in [7, 11) is 1.64. The first-order valence-electron chi connectivity index (χ1n) is 5.73. The van der Waals surface area contributed by atoms with Crippen molar-refractivity contribution >= 4 is 0 Å². The van der Waals surface area contributed by atoms with Crippen molar-refractivity contribution in [1.29, 1.82) is 0 Å². The standard InChI is InChI=1S/C13H20FNO2/c1-10-9-11(14)3-4-12(10)13(15)5-6-17-8-7-16-2/h3-4,9,13H,5-8,15H2,1-2H3. The molecule has 4 heteroatoms. The van der Waals surface area contributed by atoms with E-state index in [1.165, 1.54) is 12.1 Å². The topological polar surface area (TPSA) is 44.5 Å². The highest BCUT2D eigenvalue weighted by atomic mass is 19.1. The second-order valence-corrected chi connectivity index (χ2v) is 4.00. The molecular weight excluding hydrogens is 221 g/mol. The number of methoxy groups -OCH3 is 1. The summed E-state index contributed by atoms with van der Waals surface area (Å²) in [6, 6.07) is 4.57. The first-order valence-corrected chi connectivity index (χ1v) is 5.73. The Morgan fingerprint density at radius 1 is 1.29 bits per heavy atom. The summed E-state index contributed by atoms with van der Waals surface area (Å²) in [5.41, 5.74) is 7.88. The first kappa shape index (κ1) is 14.1. The molecule has 0 aliphatic carbocycles. The van der Waals surface area contributed by atoms with Gasteiger partial charge < -0.3 is 15.2 Å². The predicted molar refractivity (Wildman–Crippen MR) is 65.4 cm³/mol. The molecule has 1 rings (SSSR count). The van der Waals surface area contributed by atoms with E-state index >= 15 is 0 Å². The molecule has 0 saturated heterocycles. The fourth-order valence-electron chi connectivity index (χ4n) is 1.67. The maximum Gasteiger partial charge on any atom is 0.123 e. The van der Waals surface area contributed by atoms with E-state index < -0.39 is 0 Å². The average Bonchev–Trinajstić information content (AvgIpc) is 2.28. The third kappa shape index (κ3) is 4.81. The number of nitrogens with two attached hydrogens (primary N) is 1. The van der Waals surface area contributed by atoms with Crippen LogP contribution in [0, 0.1) is 12.7 Å². The Kier molecular flexibility index (Phi) is 6.11. The SMILES string of the molecule is COCCOCCC(N)c1ccc(F)cc1C. The summed E-state index contributed by atoms with van der Waals surface area (Å²) >= 11 is 0. The monoisotopic (exact) mass is 241 g/mol. The molecule has 2 N–H and O–H groups in total. The summed E-state index contributed by atoms with van der Waals surface area (Å²) in [6.07, 6.45) is 0.718. The predicted octanol–water partition coefficient (Wildman–Crippen LogP) is 2.19. The van der Waals surface area contributed by atoms with Crippen LogP contribution >= 0.6 is 0 Å².